The van der Waals surface area contributed by atoms with Crippen LogP contribution in [-0.2, 0) is 0 Å². The highest BCUT2D eigenvalue weighted by Gasteiger charge is 2.08. The van der Waals surface area contributed by atoms with Crippen molar-refractivity contribution in [1.82, 2.24) is 20.4 Å². The van der Waals surface area contributed by atoms with E-state index < -0.39 is 0 Å². The quantitative estimate of drug-likeness (QED) is 0.835. The van der Waals surface area contributed by atoms with E-state index in [-0.39, 0.29) is 11.6 Å². The van der Waals surface area contributed by atoms with E-state index in [0.717, 1.165) is 6.54 Å². The van der Waals surface area contributed by atoms with Gasteiger partial charge >= 0.3 is 0 Å². The van der Waals surface area contributed by atoms with Crippen LogP contribution in [0.25, 0.3) is 0 Å². The van der Waals surface area contributed by atoms with Gasteiger partial charge in [-0.15, -0.1) is 10.2 Å². The van der Waals surface area contributed by atoms with E-state index in [2.05, 4.69) is 20.8 Å². The molecule has 0 saturated heterocycles. The Kier molecular flexibility index (Phi) is 6.15. The second kappa shape index (κ2) is 8.10. The first-order chi connectivity index (χ1) is 11.0. The van der Waals surface area contributed by atoms with Crippen molar-refractivity contribution < 1.29 is 4.79 Å². The van der Waals surface area contributed by atoms with Crippen LogP contribution < -0.4 is 10.6 Å². The number of likely N-dealkylation sites (N-methyl/N-ethyl adjacent to an activating group) is 1. The third kappa shape index (κ3) is 5.35. The molecule has 2 rings (SSSR count). The lowest BCUT2D eigenvalue weighted by molar-refractivity contribution is 0.0945. The Balaban J connectivity index is 1.97. The summed E-state index contributed by atoms with van der Waals surface area (Å²) in [5.41, 5.74) is 0.921. The molecule has 2 aromatic rings. The van der Waals surface area contributed by atoms with E-state index in [1.165, 1.54) is 0 Å². The second-order valence-corrected chi connectivity index (χ2v) is 5.96. The number of benzene rings is 1. The Morgan fingerprint density at radius 3 is 2.57 bits per heavy atom. The topological polar surface area (TPSA) is 70.2 Å². The normalized spacial score (nSPS) is 10.7. The van der Waals surface area contributed by atoms with Gasteiger partial charge in [0.25, 0.3) is 5.91 Å². The molecule has 0 aliphatic rings. The lowest BCUT2D eigenvalue weighted by Gasteiger charge is -2.10. The zero-order valence-electron chi connectivity index (χ0n) is 12.8. The summed E-state index contributed by atoms with van der Waals surface area (Å²) in [6.45, 7) is 1.31. The molecule has 1 heterocycles. The van der Waals surface area contributed by atoms with Crippen LogP contribution in [0.5, 0.6) is 0 Å². The third-order valence-electron chi connectivity index (χ3n) is 2.94. The summed E-state index contributed by atoms with van der Waals surface area (Å²) in [5, 5.41) is 14.7. The van der Waals surface area contributed by atoms with Crippen molar-refractivity contribution in [3.63, 3.8) is 0 Å². The molecular formula is C15H17Cl2N5O. The van der Waals surface area contributed by atoms with Crippen molar-refractivity contribution >= 4 is 40.6 Å². The molecule has 0 saturated carbocycles. The number of rotatable bonds is 6. The number of nitrogens with one attached hydrogen (secondary N) is 2. The van der Waals surface area contributed by atoms with Gasteiger partial charge in [-0.2, -0.15) is 0 Å². The van der Waals surface area contributed by atoms with Crippen LogP contribution in [-0.4, -0.2) is 48.2 Å². The van der Waals surface area contributed by atoms with Crippen molar-refractivity contribution in [2.75, 3.05) is 32.5 Å². The summed E-state index contributed by atoms with van der Waals surface area (Å²) in [7, 11) is 3.88. The lowest BCUT2D eigenvalue weighted by Crippen LogP contribution is -2.31. The Hall–Kier alpha value is -1.89. The van der Waals surface area contributed by atoms with E-state index in [1.807, 2.05) is 19.0 Å². The smallest absolute Gasteiger partial charge is 0.271 e. The average molecular weight is 354 g/mol. The number of nitrogens with zero attached hydrogens (tertiary/aromatic N) is 3. The molecule has 0 fully saturated rings. The van der Waals surface area contributed by atoms with Crippen molar-refractivity contribution in [3.05, 3.63) is 46.1 Å². The molecule has 2 N–H and O–H groups in total. The molecule has 0 bridgehead atoms. The number of halogens is 2. The van der Waals surface area contributed by atoms with Crippen molar-refractivity contribution in [2.45, 2.75) is 0 Å². The molecule has 8 heteroatoms. The minimum Gasteiger partial charge on any atom is -0.349 e. The zero-order chi connectivity index (χ0) is 16.8. The highest BCUT2D eigenvalue weighted by atomic mass is 35.5. The first-order valence-electron chi connectivity index (χ1n) is 6.94. The molecule has 0 atom stereocenters. The van der Waals surface area contributed by atoms with Gasteiger partial charge in [0.1, 0.15) is 0 Å². The van der Waals surface area contributed by atoms with Gasteiger partial charge in [0.2, 0.25) is 0 Å². The summed E-state index contributed by atoms with van der Waals surface area (Å²) >= 11 is 11.9. The lowest BCUT2D eigenvalue weighted by atomic mass is 10.3. The average Bonchev–Trinajstić information content (AvgIpc) is 2.50. The van der Waals surface area contributed by atoms with Gasteiger partial charge in [0, 0.05) is 18.1 Å². The van der Waals surface area contributed by atoms with E-state index in [9.17, 15) is 4.79 Å². The molecule has 6 nitrogen and oxygen atoms in total. The first kappa shape index (κ1) is 17.5. The Morgan fingerprint density at radius 1 is 1.17 bits per heavy atom. The van der Waals surface area contributed by atoms with Gasteiger partial charge in [0.05, 0.1) is 10.7 Å². The fourth-order valence-corrected chi connectivity index (χ4v) is 2.19. The molecule has 0 radical (unpaired) electrons. The molecule has 1 amide bonds. The molecule has 23 heavy (non-hydrogen) atoms. The summed E-state index contributed by atoms with van der Waals surface area (Å²) < 4.78 is 0. The summed E-state index contributed by atoms with van der Waals surface area (Å²) in [4.78, 5) is 13.9. The van der Waals surface area contributed by atoms with Crippen molar-refractivity contribution in [3.8, 4) is 0 Å². The predicted molar refractivity (Wildman–Crippen MR) is 92.7 cm³/mol. The molecule has 0 unspecified atom stereocenters. The monoisotopic (exact) mass is 353 g/mol. The van der Waals surface area contributed by atoms with Gasteiger partial charge in [-0.05, 0) is 44.4 Å². The van der Waals surface area contributed by atoms with Gasteiger partial charge in [-0.25, -0.2) is 0 Å². The predicted octanol–water partition coefficient (Wildman–Crippen LogP) is 2.82. The van der Waals surface area contributed by atoms with E-state index >= 15 is 0 Å². The maximum absolute atomic E-state index is 11.9. The fourth-order valence-electron chi connectivity index (χ4n) is 1.73. The number of amides is 1. The highest BCUT2D eigenvalue weighted by Crippen LogP contribution is 2.27. The third-order valence-corrected chi connectivity index (χ3v) is 3.48. The van der Waals surface area contributed by atoms with E-state index in [4.69, 9.17) is 23.2 Å². The fraction of sp³-hybridized carbons (Fsp3) is 0.267. The van der Waals surface area contributed by atoms with Crippen molar-refractivity contribution in [1.29, 1.82) is 0 Å². The minimum absolute atomic E-state index is 0.254. The van der Waals surface area contributed by atoms with Crippen molar-refractivity contribution in [2.24, 2.45) is 0 Å². The number of carbonyl (C=O) groups excluding carboxylic acids is 1. The summed E-state index contributed by atoms with van der Waals surface area (Å²) in [6, 6.07) is 8.36. The number of hydrogen-bond acceptors (Lipinski definition) is 5. The number of hydrogen-bond donors (Lipinski definition) is 2. The van der Waals surface area contributed by atoms with Crippen LogP contribution in [0, 0.1) is 0 Å². The van der Waals surface area contributed by atoms with Crippen LogP contribution in [0.2, 0.25) is 10.0 Å². The van der Waals surface area contributed by atoms with Crippen LogP contribution in [0.1, 0.15) is 10.5 Å². The Bertz CT molecular complexity index is 676. The van der Waals surface area contributed by atoms with Crippen LogP contribution in [0.15, 0.2) is 30.3 Å². The van der Waals surface area contributed by atoms with E-state index in [1.54, 1.807) is 30.3 Å². The number of anilines is 2. The van der Waals surface area contributed by atoms with Gasteiger partial charge in [-0.3, -0.25) is 4.79 Å². The molecule has 1 aromatic carbocycles. The summed E-state index contributed by atoms with van der Waals surface area (Å²) in [6.07, 6.45) is 0. The molecular weight excluding hydrogens is 337 g/mol. The van der Waals surface area contributed by atoms with Gasteiger partial charge in [0.15, 0.2) is 11.5 Å². The highest BCUT2D eigenvalue weighted by molar-refractivity contribution is 6.36. The standard InChI is InChI=1S/C15H17Cl2N5O/c1-22(2)8-7-18-15(23)13-5-6-14(21-20-13)19-12-4-3-10(16)9-11(12)17/h3-6,9H,7-8H2,1-2H3,(H,18,23)(H,19,21). The van der Waals surface area contributed by atoms with Crippen LogP contribution in [0.4, 0.5) is 11.5 Å². The molecule has 1 aromatic heterocycles. The molecule has 0 aliphatic carbocycles. The van der Waals surface area contributed by atoms with Gasteiger partial charge < -0.3 is 15.5 Å². The number of aromatic nitrogens is 2. The largest absolute Gasteiger partial charge is 0.349 e. The van der Waals surface area contributed by atoms with Crippen LogP contribution in [0.3, 0.4) is 0 Å². The minimum atomic E-state index is -0.254. The maximum atomic E-state index is 11.9. The second-order valence-electron chi connectivity index (χ2n) is 5.11. The number of carbonyl (C=O) groups is 1. The SMILES string of the molecule is CN(C)CCNC(=O)c1ccc(Nc2ccc(Cl)cc2Cl)nn1. The maximum Gasteiger partial charge on any atom is 0.271 e. The molecule has 0 aliphatic heterocycles. The first-order valence-corrected chi connectivity index (χ1v) is 7.70. The molecule has 0 spiro atoms. The van der Waals surface area contributed by atoms with E-state index in [0.29, 0.717) is 28.1 Å². The zero-order valence-corrected chi connectivity index (χ0v) is 14.3. The Labute approximate surface area is 144 Å². The molecule has 122 valence electrons. The van der Waals surface area contributed by atoms with Crippen LogP contribution >= 0.6 is 23.2 Å². The Morgan fingerprint density at radius 2 is 1.96 bits per heavy atom. The summed E-state index contributed by atoms with van der Waals surface area (Å²) in [5.74, 6) is 0.231. The van der Waals surface area contributed by atoms with Gasteiger partial charge in [-0.1, -0.05) is 23.2 Å².